The fourth-order valence-corrected chi connectivity index (χ4v) is 2.57. The van der Waals surface area contributed by atoms with E-state index in [0.29, 0.717) is 11.8 Å². The van der Waals surface area contributed by atoms with Gasteiger partial charge in [0.1, 0.15) is 12.3 Å². The van der Waals surface area contributed by atoms with Gasteiger partial charge in [-0.15, -0.1) is 23.2 Å². The Kier molecular flexibility index (Phi) is 8.27. The molecule has 108 valence electrons. The summed E-state index contributed by atoms with van der Waals surface area (Å²) in [6.45, 7) is 7.75. The molecule has 0 heterocycles. The molecule has 1 rings (SSSR count). The van der Waals surface area contributed by atoms with Crippen LogP contribution < -0.4 is 9.64 Å². The lowest BCUT2D eigenvalue weighted by molar-refractivity contribution is -0.909. The number of nitrogens with one attached hydrogen (secondary N) is 1. The zero-order chi connectivity index (χ0) is 14.1. The van der Waals surface area contributed by atoms with E-state index >= 15 is 0 Å². The smallest absolute Gasteiger partial charge is 0.128 e. The Morgan fingerprint density at radius 1 is 1.16 bits per heavy atom. The SMILES string of the molecule is CCCOc1ccc(C)cc1C[NH+](CCCl)CCCl. The highest BCUT2D eigenvalue weighted by Gasteiger charge is 2.12. The number of ether oxygens (including phenoxy) is 1. The van der Waals surface area contributed by atoms with Crippen molar-refractivity contribution in [2.75, 3.05) is 31.5 Å². The number of rotatable bonds is 9. The average Bonchev–Trinajstić information content (AvgIpc) is 2.38. The van der Waals surface area contributed by atoms with E-state index in [2.05, 4.69) is 32.0 Å². The van der Waals surface area contributed by atoms with Gasteiger partial charge in [0, 0.05) is 5.56 Å². The highest BCUT2D eigenvalue weighted by atomic mass is 35.5. The van der Waals surface area contributed by atoms with Crippen molar-refractivity contribution in [3.05, 3.63) is 29.3 Å². The van der Waals surface area contributed by atoms with E-state index in [-0.39, 0.29) is 0 Å². The molecule has 19 heavy (non-hydrogen) atoms. The van der Waals surface area contributed by atoms with E-state index in [0.717, 1.165) is 38.4 Å². The Balaban J connectivity index is 2.79. The summed E-state index contributed by atoms with van der Waals surface area (Å²) in [6.07, 6.45) is 1.02. The topological polar surface area (TPSA) is 13.7 Å². The maximum Gasteiger partial charge on any atom is 0.128 e. The fraction of sp³-hybridized carbons (Fsp3) is 0.600. The molecule has 0 aromatic heterocycles. The second-order valence-corrected chi connectivity index (χ2v) is 5.52. The average molecular weight is 305 g/mol. The molecule has 0 aliphatic heterocycles. The summed E-state index contributed by atoms with van der Waals surface area (Å²) < 4.78 is 5.82. The molecule has 1 aromatic carbocycles. The van der Waals surface area contributed by atoms with Crippen LogP contribution in [0.15, 0.2) is 18.2 Å². The number of aryl methyl sites for hydroxylation is 1. The number of hydrogen-bond donors (Lipinski definition) is 1. The highest BCUT2D eigenvalue weighted by Crippen LogP contribution is 2.19. The number of hydrogen-bond acceptors (Lipinski definition) is 1. The van der Waals surface area contributed by atoms with Gasteiger partial charge in [0.2, 0.25) is 0 Å². The van der Waals surface area contributed by atoms with Gasteiger partial charge in [-0.05, 0) is 25.5 Å². The van der Waals surface area contributed by atoms with Crippen molar-refractivity contribution >= 4 is 23.2 Å². The fourth-order valence-electron chi connectivity index (χ4n) is 2.04. The first-order chi connectivity index (χ1) is 9.21. The van der Waals surface area contributed by atoms with Crippen LogP contribution in [0.3, 0.4) is 0 Å². The molecule has 1 N–H and O–H groups in total. The van der Waals surface area contributed by atoms with E-state index in [4.69, 9.17) is 27.9 Å². The predicted octanol–water partition coefficient (Wildman–Crippen LogP) is 2.65. The highest BCUT2D eigenvalue weighted by molar-refractivity contribution is 6.18. The Hall–Kier alpha value is -0.440. The van der Waals surface area contributed by atoms with E-state index in [1.807, 2.05) is 0 Å². The summed E-state index contributed by atoms with van der Waals surface area (Å²) in [6, 6.07) is 6.37. The Morgan fingerprint density at radius 3 is 2.42 bits per heavy atom. The van der Waals surface area contributed by atoms with Crippen molar-refractivity contribution in [3.8, 4) is 5.75 Å². The molecule has 0 atom stereocenters. The molecular weight excluding hydrogens is 281 g/mol. The first kappa shape index (κ1) is 16.6. The zero-order valence-electron chi connectivity index (χ0n) is 11.8. The van der Waals surface area contributed by atoms with Gasteiger partial charge in [-0.2, -0.15) is 0 Å². The van der Waals surface area contributed by atoms with Gasteiger partial charge in [0.15, 0.2) is 0 Å². The maximum absolute atomic E-state index is 5.86. The number of benzene rings is 1. The third-order valence-electron chi connectivity index (χ3n) is 3.01. The van der Waals surface area contributed by atoms with Crippen LogP contribution in [0.1, 0.15) is 24.5 Å². The lowest BCUT2D eigenvalue weighted by atomic mass is 10.1. The number of halogens is 2. The third kappa shape index (κ3) is 6.03. The second-order valence-electron chi connectivity index (χ2n) is 4.76. The Morgan fingerprint density at radius 2 is 1.84 bits per heavy atom. The van der Waals surface area contributed by atoms with E-state index in [1.54, 1.807) is 0 Å². The van der Waals surface area contributed by atoms with Crippen molar-refractivity contribution < 1.29 is 9.64 Å². The molecule has 0 spiro atoms. The van der Waals surface area contributed by atoms with Crippen LogP contribution in [0.25, 0.3) is 0 Å². The molecule has 4 heteroatoms. The summed E-state index contributed by atoms with van der Waals surface area (Å²) in [4.78, 5) is 1.40. The summed E-state index contributed by atoms with van der Waals surface area (Å²) in [5.41, 5.74) is 2.51. The monoisotopic (exact) mass is 304 g/mol. The minimum atomic E-state index is 0.656. The molecule has 0 aliphatic rings. The van der Waals surface area contributed by atoms with Crippen molar-refractivity contribution in [2.45, 2.75) is 26.8 Å². The zero-order valence-corrected chi connectivity index (χ0v) is 13.4. The molecule has 0 amide bonds. The molecule has 1 aromatic rings. The largest absolute Gasteiger partial charge is 0.493 e. The number of alkyl halides is 2. The summed E-state index contributed by atoms with van der Waals surface area (Å²) in [7, 11) is 0. The van der Waals surface area contributed by atoms with Gasteiger partial charge in [-0.1, -0.05) is 18.6 Å². The van der Waals surface area contributed by atoms with Gasteiger partial charge in [-0.3, -0.25) is 0 Å². The van der Waals surface area contributed by atoms with E-state index in [1.165, 1.54) is 16.0 Å². The van der Waals surface area contributed by atoms with E-state index < -0.39 is 0 Å². The van der Waals surface area contributed by atoms with Crippen LogP contribution in [0, 0.1) is 6.92 Å². The predicted molar refractivity (Wildman–Crippen MR) is 82.8 cm³/mol. The van der Waals surface area contributed by atoms with Gasteiger partial charge in [0.05, 0.1) is 31.5 Å². The summed E-state index contributed by atoms with van der Waals surface area (Å²) in [5, 5.41) is 0. The molecule has 0 radical (unpaired) electrons. The normalized spacial score (nSPS) is 11.0. The van der Waals surface area contributed by atoms with Crippen molar-refractivity contribution in [1.29, 1.82) is 0 Å². The van der Waals surface area contributed by atoms with Crippen LogP contribution in [0.2, 0.25) is 0 Å². The minimum Gasteiger partial charge on any atom is -0.493 e. The first-order valence-electron chi connectivity index (χ1n) is 6.89. The van der Waals surface area contributed by atoms with Gasteiger partial charge in [0.25, 0.3) is 0 Å². The molecular formula is C15H24Cl2NO+. The van der Waals surface area contributed by atoms with Crippen LogP contribution in [-0.4, -0.2) is 31.5 Å². The molecule has 0 aliphatic carbocycles. The molecule has 0 bridgehead atoms. The van der Waals surface area contributed by atoms with Crippen LogP contribution in [0.4, 0.5) is 0 Å². The third-order valence-corrected chi connectivity index (χ3v) is 3.39. The van der Waals surface area contributed by atoms with Crippen molar-refractivity contribution in [2.24, 2.45) is 0 Å². The molecule has 0 fully saturated rings. The Labute approximate surface area is 126 Å². The quantitative estimate of drug-likeness (QED) is 0.693. The summed E-state index contributed by atoms with van der Waals surface area (Å²) in [5.74, 6) is 2.31. The van der Waals surface area contributed by atoms with Crippen molar-refractivity contribution in [1.82, 2.24) is 0 Å². The van der Waals surface area contributed by atoms with Gasteiger partial charge in [-0.25, -0.2) is 0 Å². The molecule has 0 saturated carbocycles. The van der Waals surface area contributed by atoms with Gasteiger partial charge >= 0.3 is 0 Å². The van der Waals surface area contributed by atoms with Gasteiger partial charge < -0.3 is 9.64 Å². The number of quaternary nitrogens is 1. The van der Waals surface area contributed by atoms with Crippen LogP contribution >= 0.6 is 23.2 Å². The lowest BCUT2D eigenvalue weighted by Gasteiger charge is -2.19. The minimum absolute atomic E-state index is 0.656. The lowest BCUT2D eigenvalue weighted by Crippen LogP contribution is -3.11. The Bertz CT molecular complexity index is 365. The molecule has 0 saturated heterocycles. The standard InChI is InChI=1S/C15H23Cl2NO/c1-3-10-19-15-5-4-13(2)11-14(15)12-18(8-6-16)9-7-17/h4-5,11H,3,6-10,12H2,1-2H3/p+1. The second kappa shape index (κ2) is 9.46. The molecule has 2 nitrogen and oxygen atoms in total. The van der Waals surface area contributed by atoms with Crippen molar-refractivity contribution in [3.63, 3.8) is 0 Å². The van der Waals surface area contributed by atoms with E-state index in [9.17, 15) is 0 Å². The summed E-state index contributed by atoms with van der Waals surface area (Å²) >= 11 is 11.7. The molecule has 0 unspecified atom stereocenters. The maximum atomic E-state index is 5.86. The van der Waals surface area contributed by atoms with Crippen LogP contribution in [0.5, 0.6) is 5.75 Å². The first-order valence-corrected chi connectivity index (χ1v) is 7.96. The van der Waals surface area contributed by atoms with Crippen LogP contribution in [-0.2, 0) is 6.54 Å².